The second-order valence-electron chi connectivity index (χ2n) is 4.55. The standard InChI is InChI=1S/C13H13F2N3/c1-8-7-18-5-4-12(17-13(18)16-8)10-3-2-9(14)6-11(10)15/h2-3,6-7,12H,4-5H2,1H3,(H,16,17). The predicted octanol–water partition coefficient (Wildman–Crippen LogP) is 3.03. The van der Waals surface area contributed by atoms with Crippen molar-refractivity contribution >= 4 is 5.95 Å². The number of hydrogen-bond donors (Lipinski definition) is 1. The highest BCUT2D eigenvalue weighted by Gasteiger charge is 2.22. The minimum atomic E-state index is -0.551. The highest BCUT2D eigenvalue weighted by molar-refractivity contribution is 5.37. The summed E-state index contributed by atoms with van der Waals surface area (Å²) in [6.45, 7) is 2.70. The smallest absolute Gasteiger partial charge is 0.203 e. The molecule has 1 N–H and O–H groups in total. The van der Waals surface area contributed by atoms with Gasteiger partial charge in [-0.25, -0.2) is 13.8 Å². The van der Waals surface area contributed by atoms with Gasteiger partial charge >= 0.3 is 0 Å². The summed E-state index contributed by atoms with van der Waals surface area (Å²) in [4.78, 5) is 4.33. The van der Waals surface area contributed by atoms with Crippen molar-refractivity contribution in [2.24, 2.45) is 0 Å². The van der Waals surface area contributed by atoms with E-state index in [1.54, 1.807) is 0 Å². The number of rotatable bonds is 1. The Balaban J connectivity index is 1.91. The first-order valence-corrected chi connectivity index (χ1v) is 5.89. The molecule has 0 spiro atoms. The van der Waals surface area contributed by atoms with Crippen LogP contribution in [0.3, 0.4) is 0 Å². The van der Waals surface area contributed by atoms with E-state index >= 15 is 0 Å². The minimum Gasteiger partial charge on any atom is -0.349 e. The number of anilines is 1. The van der Waals surface area contributed by atoms with Crippen LogP contribution in [-0.2, 0) is 6.54 Å². The molecule has 0 saturated heterocycles. The number of fused-ring (bicyclic) bond motifs is 1. The van der Waals surface area contributed by atoms with Crippen molar-refractivity contribution in [3.05, 3.63) is 47.3 Å². The van der Waals surface area contributed by atoms with Gasteiger partial charge in [0.25, 0.3) is 0 Å². The molecule has 18 heavy (non-hydrogen) atoms. The second-order valence-corrected chi connectivity index (χ2v) is 4.55. The van der Waals surface area contributed by atoms with Crippen LogP contribution in [0.4, 0.5) is 14.7 Å². The van der Waals surface area contributed by atoms with Gasteiger partial charge in [0.15, 0.2) is 0 Å². The molecule has 3 rings (SSSR count). The largest absolute Gasteiger partial charge is 0.349 e. The second kappa shape index (κ2) is 4.08. The maximum absolute atomic E-state index is 13.7. The summed E-state index contributed by atoms with van der Waals surface area (Å²) in [5.41, 5.74) is 1.42. The molecular weight excluding hydrogens is 236 g/mol. The van der Waals surface area contributed by atoms with Crippen molar-refractivity contribution in [3.8, 4) is 0 Å². The quantitative estimate of drug-likeness (QED) is 0.842. The molecule has 0 fully saturated rings. The van der Waals surface area contributed by atoms with Gasteiger partial charge in [0.05, 0.1) is 11.7 Å². The molecule has 5 heteroatoms. The molecule has 1 unspecified atom stereocenters. The molecule has 94 valence electrons. The van der Waals surface area contributed by atoms with Crippen LogP contribution in [0.1, 0.15) is 23.7 Å². The molecule has 0 radical (unpaired) electrons. The Hall–Kier alpha value is -1.91. The third-order valence-corrected chi connectivity index (χ3v) is 3.20. The first-order valence-electron chi connectivity index (χ1n) is 5.89. The van der Waals surface area contributed by atoms with E-state index in [0.29, 0.717) is 5.56 Å². The first-order chi connectivity index (χ1) is 8.63. The Morgan fingerprint density at radius 1 is 1.39 bits per heavy atom. The van der Waals surface area contributed by atoms with Gasteiger partial charge in [-0.2, -0.15) is 0 Å². The third-order valence-electron chi connectivity index (χ3n) is 3.20. The Kier molecular flexibility index (Phi) is 2.54. The number of nitrogens with one attached hydrogen (secondary N) is 1. The van der Waals surface area contributed by atoms with Crippen LogP contribution >= 0.6 is 0 Å². The van der Waals surface area contributed by atoms with Crippen LogP contribution in [0.25, 0.3) is 0 Å². The highest BCUT2D eigenvalue weighted by Crippen LogP contribution is 2.29. The van der Waals surface area contributed by atoms with Crippen LogP contribution in [0, 0.1) is 18.6 Å². The summed E-state index contributed by atoms with van der Waals surface area (Å²) in [5, 5.41) is 3.18. The summed E-state index contributed by atoms with van der Waals surface area (Å²) in [5.74, 6) is -0.318. The Bertz CT molecular complexity index is 592. The predicted molar refractivity (Wildman–Crippen MR) is 64.3 cm³/mol. The molecule has 0 bridgehead atoms. The molecule has 0 aliphatic carbocycles. The lowest BCUT2D eigenvalue weighted by molar-refractivity contribution is 0.509. The SMILES string of the molecule is Cc1cn2c(n1)NC(c1ccc(F)cc1F)CC2. The van der Waals surface area contributed by atoms with Crippen molar-refractivity contribution in [2.45, 2.75) is 25.9 Å². The molecule has 0 saturated carbocycles. The van der Waals surface area contributed by atoms with Crippen molar-refractivity contribution in [3.63, 3.8) is 0 Å². The average Bonchev–Trinajstić information content (AvgIpc) is 2.68. The monoisotopic (exact) mass is 249 g/mol. The lowest BCUT2D eigenvalue weighted by Crippen LogP contribution is -2.22. The third kappa shape index (κ3) is 1.85. The van der Waals surface area contributed by atoms with Gasteiger partial charge in [-0.05, 0) is 19.4 Å². The zero-order chi connectivity index (χ0) is 12.7. The number of imidazole rings is 1. The van der Waals surface area contributed by atoms with Gasteiger partial charge in [0.1, 0.15) is 11.6 Å². The van der Waals surface area contributed by atoms with Crippen LogP contribution in [0.5, 0.6) is 0 Å². The Morgan fingerprint density at radius 2 is 2.22 bits per heavy atom. The molecule has 2 heterocycles. The normalized spacial score (nSPS) is 18.3. The maximum Gasteiger partial charge on any atom is 0.203 e. The van der Waals surface area contributed by atoms with E-state index in [4.69, 9.17) is 0 Å². The van der Waals surface area contributed by atoms with Crippen LogP contribution in [-0.4, -0.2) is 9.55 Å². The molecular formula is C13H13F2N3. The molecule has 1 aromatic carbocycles. The number of hydrogen-bond acceptors (Lipinski definition) is 2. The first kappa shape index (κ1) is 11.2. The highest BCUT2D eigenvalue weighted by atomic mass is 19.1. The zero-order valence-corrected chi connectivity index (χ0v) is 9.95. The van der Waals surface area contributed by atoms with Gasteiger partial charge in [-0.15, -0.1) is 0 Å². The van der Waals surface area contributed by atoms with E-state index in [2.05, 4.69) is 10.3 Å². The molecule has 3 nitrogen and oxygen atoms in total. The number of benzene rings is 1. The number of halogens is 2. The molecule has 1 aliphatic rings. The summed E-state index contributed by atoms with van der Waals surface area (Å²) >= 11 is 0. The fourth-order valence-corrected chi connectivity index (χ4v) is 2.35. The average molecular weight is 249 g/mol. The molecule has 1 aromatic heterocycles. The number of nitrogens with zero attached hydrogens (tertiary/aromatic N) is 2. The van der Waals surface area contributed by atoms with E-state index in [0.717, 1.165) is 30.7 Å². The van der Waals surface area contributed by atoms with Crippen molar-refractivity contribution in [2.75, 3.05) is 5.32 Å². The van der Waals surface area contributed by atoms with E-state index in [1.165, 1.54) is 12.1 Å². The summed E-state index contributed by atoms with van der Waals surface area (Å²) < 4.78 is 28.6. The van der Waals surface area contributed by atoms with E-state index in [-0.39, 0.29) is 6.04 Å². The number of aryl methyl sites for hydroxylation is 2. The molecule has 1 atom stereocenters. The van der Waals surface area contributed by atoms with E-state index in [9.17, 15) is 8.78 Å². The van der Waals surface area contributed by atoms with E-state index < -0.39 is 11.6 Å². The van der Waals surface area contributed by atoms with Crippen molar-refractivity contribution in [1.29, 1.82) is 0 Å². The molecule has 2 aromatic rings. The maximum atomic E-state index is 13.7. The van der Waals surface area contributed by atoms with Crippen molar-refractivity contribution < 1.29 is 8.78 Å². The Labute approximate surface area is 103 Å². The minimum absolute atomic E-state index is 0.153. The summed E-state index contributed by atoms with van der Waals surface area (Å²) in [7, 11) is 0. The Morgan fingerprint density at radius 3 is 3.00 bits per heavy atom. The summed E-state index contributed by atoms with van der Waals surface area (Å²) in [6.07, 6.45) is 2.71. The lowest BCUT2D eigenvalue weighted by atomic mass is 10.0. The van der Waals surface area contributed by atoms with Gasteiger partial charge < -0.3 is 9.88 Å². The zero-order valence-electron chi connectivity index (χ0n) is 9.95. The summed E-state index contributed by atoms with van der Waals surface area (Å²) in [6, 6.07) is 3.55. The van der Waals surface area contributed by atoms with Crippen LogP contribution in [0.15, 0.2) is 24.4 Å². The van der Waals surface area contributed by atoms with Crippen LogP contribution in [0.2, 0.25) is 0 Å². The van der Waals surface area contributed by atoms with E-state index in [1.807, 2.05) is 17.7 Å². The fourth-order valence-electron chi connectivity index (χ4n) is 2.35. The van der Waals surface area contributed by atoms with Crippen molar-refractivity contribution in [1.82, 2.24) is 9.55 Å². The molecule has 0 amide bonds. The van der Waals surface area contributed by atoms with Crippen LogP contribution < -0.4 is 5.32 Å². The molecule has 1 aliphatic heterocycles. The van der Waals surface area contributed by atoms with Gasteiger partial charge in [0.2, 0.25) is 5.95 Å². The topological polar surface area (TPSA) is 29.9 Å². The fraction of sp³-hybridized carbons (Fsp3) is 0.308. The van der Waals surface area contributed by atoms with Gasteiger partial charge in [-0.3, -0.25) is 0 Å². The van der Waals surface area contributed by atoms with Gasteiger partial charge in [0, 0.05) is 24.4 Å². The lowest BCUT2D eigenvalue weighted by Gasteiger charge is -2.26. The van der Waals surface area contributed by atoms with Gasteiger partial charge in [-0.1, -0.05) is 6.07 Å². The number of aromatic nitrogens is 2.